The molecule has 7 nitrogen and oxygen atoms in total. The zero-order chi connectivity index (χ0) is 15.3. The molecule has 7 heteroatoms. The normalized spacial score (nSPS) is 11.3. The van der Waals surface area contributed by atoms with Gasteiger partial charge in [-0.3, -0.25) is 9.69 Å². The molecule has 0 atom stereocenters. The van der Waals surface area contributed by atoms with Crippen molar-refractivity contribution in [1.29, 1.82) is 0 Å². The topological polar surface area (TPSA) is 70.8 Å². The van der Waals surface area contributed by atoms with Crippen molar-refractivity contribution in [2.75, 3.05) is 40.8 Å². The summed E-state index contributed by atoms with van der Waals surface area (Å²) < 4.78 is 7.02. The molecule has 0 aliphatic carbocycles. The van der Waals surface area contributed by atoms with Crippen LogP contribution in [0.15, 0.2) is 0 Å². The molecule has 0 saturated heterocycles. The molecule has 0 bridgehead atoms. The van der Waals surface area contributed by atoms with E-state index in [2.05, 4.69) is 5.10 Å². The van der Waals surface area contributed by atoms with E-state index in [1.165, 1.54) is 0 Å². The van der Waals surface area contributed by atoms with Crippen molar-refractivity contribution in [3.05, 3.63) is 11.3 Å². The molecular weight excluding hydrogens is 260 g/mol. The molecule has 0 unspecified atom stereocenters. The third kappa shape index (κ3) is 4.50. The second-order valence-corrected chi connectivity index (χ2v) is 5.10. The summed E-state index contributed by atoms with van der Waals surface area (Å²) in [5, 5.41) is 13.3. The lowest BCUT2D eigenvalue weighted by molar-refractivity contribution is -0.138. The Balaban J connectivity index is 2.85. The molecule has 0 spiro atoms. The Hall–Kier alpha value is -1.60. The zero-order valence-corrected chi connectivity index (χ0v) is 12.9. The van der Waals surface area contributed by atoms with E-state index in [1.54, 1.807) is 11.8 Å². The summed E-state index contributed by atoms with van der Waals surface area (Å²) in [6, 6.07) is 0. The first-order valence-corrected chi connectivity index (χ1v) is 6.50. The largest absolute Gasteiger partial charge is 0.481 e. The first kappa shape index (κ1) is 16.5. The summed E-state index contributed by atoms with van der Waals surface area (Å²) >= 11 is 0. The third-order valence-corrected chi connectivity index (χ3v) is 3.09. The number of carboxylic acids is 1. The van der Waals surface area contributed by atoms with E-state index in [-0.39, 0.29) is 6.54 Å². The van der Waals surface area contributed by atoms with Crippen molar-refractivity contribution in [2.45, 2.75) is 13.5 Å². The van der Waals surface area contributed by atoms with Crippen LogP contribution in [0.5, 0.6) is 5.88 Å². The van der Waals surface area contributed by atoms with Gasteiger partial charge >= 0.3 is 5.97 Å². The number of aromatic nitrogens is 2. The standard InChI is InChI=1S/C13H24N4O3/c1-10-11(13(20-5)16(4)14-10)8-17(9-12(18)19)7-6-15(2)3/h6-9H2,1-5H3,(H,18,19). The van der Waals surface area contributed by atoms with Crippen LogP contribution in [0.2, 0.25) is 0 Å². The molecule has 0 aliphatic rings. The Morgan fingerprint density at radius 2 is 2.05 bits per heavy atom. The highest BCUT2D eigenvalue weighted by Crippen LogP contribution is 2.22. The molecule has 0 aliphatic heterocycles. The van der Waals surface area contributed by atoms with Crippen molar-refractivity contribution in [1.82, 2.24) is 19.6 Å². The van der Waals surface area contributed by atoms with Crippen LogP contribution in [0.1, 0.15) is 11.3 Å². The molecule has 0 saturated carbocycles. The van der Waals surface area contributed by atoms with Gasteiger partial charge in [-0.15, -0.1) is 0 Å². The lowest BCUT2D eigenvalue weighted by Crippen LogP contribution is -2.35. The third-order valence-electron chi connectivity index (χ3n) is 3.09. The number of ether oxygens (including phenoxy) is 1. The minimum atomic E-state index is -0.829. The predicted molar refractivity (Wildman–Crippen MR) is 76.0 cm³/mol. The summed E-state index contributed by atoms with van der Waals surface area (Å²) in [6.45, 7) is 3.91. The minimum Gasteiger partial charge on any atom is -0.481 e. The predicted octanol–water partition coefficient (Wildman–Crippen LogP) is 0.185. The highest BCUT2D eigenvalue weighted by atomic mass is 16.5. The number of hydrogen-bond acceptors (Lipinski definition) is 5. The first-order chi connectivity index (χ1) is 9.35. The van der Waals surface area contributed by atoms with Crippen molar-refractivity contribution < 1.29 is 14.6 Å². The summed E-state index contributed by atoms with van der Waals surface area (Å²) in [6.07, 6.45) is 0. The number of rotatable bonds is 8. The van der Waals surface area contributed by atoms with Gasteiger partial charge in [-0.1, -0.05) is 0 Å². The number of likely N-dealkylation sites (N-methyl/N-ethyl adjacent to an activating group) is 1. The Labute approximate surface area is 119 Å². The van der Waals surface area contributed by atoms with Crippen molar-refractivity contribution >= 4 is 5.97 Å². The van der Waals surface area contributed by atoms with Gasteiger partial charge in [0, 0.05) is 26.7 Å². The van der Waals surface area contributed by atoms with Crippen LogP contribution in [0.25, 0.3) is 0 Å². The summed E-state index contributed by atoms with van der Waals surface area (Å²) in [5.41, 5.74) is 1.81. The minimum absolute atomic E-state index is 0.00529. The molecular formula is C13H24N4O3. The van der Waals surface area contributed by atoms with Crippen LogP contribution in [0.3, 0.4) is 0 Å². The SMILES string of the molecule is COc1c(CN(CCN(C)C)CC(=O)O)c(C)nn1C. The lowest BCUT2D eigenvalue weighted by Gasteiger charge is -2.22. The summed E-state index contributed by atoms with van der Waals surface area (Å²) in [7, 11) is 7.35. The van der Waals surface area contributed by atoms with Crippen LogP contribution < -0.4 is 4.74 Å². The van der Waals surface area contributed by atoms with E-state index in [9.17, 15) is 4.79 Å². The summed E-state index contributed by atoms with van der Waals surface area (Å²) in [5.74, 6) is -0.146. The lowest BCUT2D eigenvalue weighted by atomic mass is 10.2. The van der Waals surface area contributed by atoms with Crippen LogP contribution in [0, 0.1) is 6.92 Å². The molecule has 1 N–H and O–H groups in total. The van der Waals surface area contributed by atoms with Crippen LogP contribution in [0.4, 0.5) is 0 Å². The number of nitrogens with zero attached hydrogens (tertiary/aromatic N) is 4. The monoisotopic (exact) mass is 284 g/mol. The highest BCUT2D eigenvalue weighted by Gasteiger charge is 2.18. The van der Waals surface area contributed by atoms with E-state index in [0.29, 0.717) is 19.0 Å². The molecule has 20 heavy (non-hydrogen) atoms. The highest BCUT2D eigenvalue weighted by molar-refractivity contribution is 5.69. The number of aryl methyl sites for hydroxylation is 2. The van der Waals surface area contributed by atoms with Gasteiger partial charge < -0.3 is 14.7 Å². The molecule has 114 valence electrons. The maximum absolute atomic E-state index is 11.0. The Kier molecular flexibility index (Phi) is 5.97. The fourth-order valence-corrected chi connectivity index (χ4v) is 2.09. The van der Waals surface area contributed by atoms with Gasteiger partial charge in [-0.25, -0.2) is 4.68 Å². The van der Waals surface area contributed by atoms with E-state index in [0.717, 1.165) is 17.8 Å². The second-order valence-electron chi connectivity index (χ2n) is 5.10. The van der Waals surface area contributed by atoms with Gasteiger partial charge in [0.2, 0.25) is 5.88 Å². The number of carbonyl (C=O) groups is 1. The molecule has 1 aromatic heterocycles. The molecule has 0 amide bonds. The van der Waals surface area contributed by atoms with Crippen LogP contribution in [-0.4, -0.2) is 71.5 Å². The van der Waals surface area contributed by atoms with E-state index >= 15 is 0 Å². The van der Waals surface area contributed by atoms with E-state index < -0.39 is 5.97 Å². The number of aliphatic carboxylic acids is 1. The second kappa shape index (κ2) is 7.25. The Bertz CT molecular complexity index is 457. The van der Waals surface area contributed by atoms with Gasteiger partial charge in [0.25, 0.3) is 0 Å². The number of methoxy groups -OCH3 is 1. The average molecular weight is 284 g/mol. The van der Waals surface area contributed by atoms with Gasteiger partial charge in [-0.2, -0.15) is 5.10 Å². The fraction of sp³-hybridized carbons (Fsp3) is 0.692. The van der Waals surface area contributed by atoms with E-state index in [1.807, 2.05) is 37.9 Å². The van der Waals surface area contributed by atoms with Gasteiger partial charge in [0.05, 0.1) is 24.9 Å². The van der Waals surface area contributed by atoms with Gasteiger partial charge in [0.1, 0.15) is 0 Å². The molecule has 1 heterocycles. The van der Waals surface area contributed by atoms with Gasteiger partial charge in [0.15, 0.2) is 0 Å². The first-order valence-electron chi connectivity index (χ1n) is 6.50. The summed E-state index contributed by atoms with van der Waals surface area (Å²) in [4.78, 5) is 14.9. The zero-order valence-electron chi connectivity index (χ0n) is 12.9. The molecule has 0 fully saturated rings. The molecule has 1 aromatic rings. The number of carboxylic acid groups (broad SMARTS) is 1. The Morgan fingerprint density at radius 1 is 1.40 bits per heavy atom. The van der Waals surface area contributed by atoms with E-state index in [4.69, 9.17) is 9.84 Å². The van der Waals surface area contributed by atoms with Crippen molar-refractivity contribution in [2.24, 2.45) is 7.05 Å². The molecule has 0 radical (unpaired) electrons. The Morgan fingerprint density at radius 3 is 2.55 bits per heavy atom. The smallest absolute Gasteiger partial charge is 0.317 e. The molecule has 1 rings (SSSR count). The van der Waals surface area contributed by atoms with Gasteiger partial charge in [-0.05, 0) is 21.0 Å². The fourth-order valence-electron chi connectivity index (χ4n) is 2.09. The maximum Gasteiger partial charge on any atom is 0.317 e. The van der Waals surface area contributed by atoms with Crippen molar-refractivity contribution in [3.63, 3.8) is 0 Å². The molecule has 0 aromatic carbocycles. The maximum atomic E-state index is 11.0. The van der Waals surface area contributed by atoms with Crippen molar-refractivity contribution in [3.8, 4) is 5.88 Å². The average Bonchev–Trinajstić information content (AvgIpc) is 2.60. The van der Waals surface area contributed by atoms with Crippen LogP contribution in [-0.2, 0) is 18.4 Å². The number of hydrogen-bond donors (Lipinski definition) is 1. The van der Waals surface area contributed by atoms with Crippen LogP contribution >= 0.6 is 0 Å². The quantitative estimate of drug-likeness (QED) is 0.734.